The highest BCUT2D eigenvalue weighted by Gasteiger charge is 2.16. The molecule has 0 saturated heterocycles. The molecule has 2 N–H and O–H groups in total. The van der Waals surface area contributed by atoms with Crippen molar-refractivity contribution in [2.24, 2.45) is 0 Å². The summed E-state index contributed by atoms with van der Waals surface area (Å²) in [6, 6.07) is 6.13. The molecule has 132 valence electrons. The van der Waals surface area contributed by atoms with E-state index in [0.717, 1.165) is 6.42 Å². The van der Waals surface area contributed by atoms with Gasteiger partial charge >= 0.3 is 0 Å². The van der Waals surface area contributed by atoms with E-state index in [1.54, 1.807) is 18.3 Å². The maximum Gasteiger partial charge on any atom is 0.271 e. The minimum atomic E-state index is -0.542. The summed E-state index contributed by atoms with van der Waals surface area (Å²) in [6.07, 6.45) is 3.75. The predicted molar refractivity (Wildman–Crippen MR) is 93.0 cm³/mol. The highest BCUT2D eigenvalue weighted by Crippen LogP contribution is 2.36. The Kier molecular flexibility index (Phi) is 6.59. The molecule has 1 aromatic heterocycles. The molecule has 0 radical (unpaired) electrons. The molecule has 0 aliphatic carbocycles. The minimum Gasteiger partial charge on any atom is -0.493 e. The minimum absolute atomic E-state index is 0.220. The molecule has 0 fully saturated rings. The lowest BCUT2D eigenvalue weighted by molar-refractivity contribution is 0.0846. The standard InChI is InChI=1S/C17H18ClN3O4/c1-3-7-25-15-13(18)8-12(9-14(15)24-2)17(23)21-20-16(22)11-5-4-6-19-10-11/h4-6,8-10H,3,7H2,1-2H3,(H,20,22)(H,21,23). The highest BCUT2D eigenvalue weighted by atomic mass is 35.5. The van der Waals surface area contributed by atoms with Gasteiger partial charge in [-0.1, -0.05) is 18.5 Å². The van der Waals surface area contributed by atoms with Gasteiger partial charge in [0.05, 0.1) is 24.3 Å². The molecule has 2 amide bonds. The molecular formula is C17H18ClN3O4. The second kappa shape index (κ2) is 8.89. The van der Waals surface area contributed by atoms with Gasteiger partial charge in [0.1, 0.15) is 0 Å². The van der Waals surface area contributed by atoms with E-state index in [0.29, 0.717) is 23.7 Å². The average molecular weight is 364 g/mol. The van der Waals surface area contributed by atoms with Gasteiger partial charge < -0.3 is 9.47 Å². The van der Waals surface area contributed by atoms with Crippen molar-refractivity contribution in [2.75, 3.05) is 13.7 Å². The maximum atomic E-state index is 12.2. The molecule has 7 nitrogen and oxygen atoms in total. The molecule has 2 aromatic rings. The van der Waals surface area contributed by atoms with Gasteiger partial charge in [-0.3, -0.25) is 25.4 Å². The van der Waals surface area contributed by atoms with Crippen molar-refractivity contribution in [3.63, 3.8) is 0 Å². The third kappa shape index (κ3) is 4.84. The first kappa shape index (κ1) is 18.5. The summed E-state index contributed by atoms with van der Waals surface area (Å²) in [4.78, 5) is 28.0. The fraction of sp³-hybridized carbons (Fsp3) is 0.235. The lowest BCUT2D eigenvalue weighted by atomic mass is 10.2. The number of halogens is 1. The van der Waals surface area contributed by atoms with Gasteiger partial charge in [0.25, 0.3) is 11.8 Å². The van der Waals surface area contributed by atoms with E-state index in [-0.39, 0.29) is 10.6 Å². The molecule has 25 heavy (non-hydrogen) atoms. The molecule has 0 unspecified atom stereocenters. The first-order chi connectivity index (χ1) is 12.1. The van der Waals surface area contributed by atoms with E-state index in [9.17, 15) is 9.59 Å². The quantitative estimate of drug-likeness (QED) is 0.770. The Morgan fingerprint density at radius 3 is 2.52 bits per heavy atom. The monoisotopic (exact) mass is 363 g/mol. The summed E-state index contributed by atoms with van der Waals surface area (Å²) in [6.45, 7) is 2.44. The molecular weight excluding hydrogens is 346 g/mol. The smallest absolute Gasteiger partial charge is 0.271 e. The van der Waals surface area contributed by atoms with E-state index in [2.05, 4.69) is 15.8 Å². The Labute approximate surface area is 150 Å². The molecule has 0 aliphatic rings. The molecule has 0 atom stereocenters. The van der Waals surface area contributed by atoms with E-state index in [1.165, 1.54) is 25.4 Å². The van der Waals surface area contributed by atoms with Crippen LogP contribution < -0.4 is 20.3 Å². The number of ether oxygens (including phenoxy) is 2. The Hall–Kier alpha value is -2.80. The number of hydrazine groups is 1. The topological polar surface area (TPSA) is 89.6 Å². The predicted octanol–water partition coefficient (Wildman–Crippen LogP) is 2.61. The van der Waals surface area contributed by atoms with Crippen LogP contribution in [0.3, 0.4) is 0 Å². The van der Waals surface area contributed by atoms with Crippen LogP contribution in [0.25, 0.3) is 0 Å². The second-order valence-corrected chi connectivity index (χ2v) is 5.40. The van der Waals surface area contributed by atoms with Gasteiger partial charge in [-0.25, -0.2) is 0 Å². The number of pyridine rings is 1. The number of amides is 2. The van der Waals surface area contributed by atoms with Crippen molar-refractivity contribution < 1.29 is 19.1 Å². The fourth-order valence-corrected chi connectivity index (χ4v) is 2.22. The Morgan fingerprint density at radius 1 is 1.20 bits per heavy atom. The zero-order valence-electron chi connectivity index (χ0n) is 13.8. The number of hydrogen-bond donors (Lipinski definition) is 2. The van der Waals surface area contributed by atoms with Gasteiger partial charge in [-0.2, -0.15) is 0 Å². The molecule has 8 heteroatoms. The SMILES string of the molecule is CCCOc1c(Cl)cc(C(=O)NNC(=O)c2cccnc2)cc1OC. The number of rotatable bonds is 6. The third-order valence-corrected chi connectivity index (χ3v) is 3.44. The summed E-state index contributed by atoms with van der Waals surface area (Å²) >= 11 is 6.17. The lowest BCUT2D eigenvalue weighted by Gasteiger charge is -2.14. The van der Waals surface area contributed by atoms with Crippen molar-refractivity contribution in [3.05, 3.63) is 52.8 Å². The molecule has 0 aliphatic heterocycles. The Bertz CT molecular complexity index is 753. The number of carbonyl (C=O) groups excluding carboxylic acids is 2. The van der Waals surface area contributed by atoms with Crippen LogP contribution in [-0.4, -0.2) is 30.5 Å². The van der Waals surface area contributed by atoms with Crippen LogP contribution in [0.5, 0.6) is 11.5 Å². The summed E-state index contributed by atoms with van der Waals surface area (Å²) < 4.78 is 10.8. The molecule has 2 rings (SSSR count). The summed E-state index contributed by atoms with van der Waals surface area (Å²) in [5.74, 6) is -0.312. The molecule has 0 bridgehead atoms. The van der Waals surface area contributed by atoms with Crippen LogP contribution in [0.4, 0.5) is 0 Å². The number of aromatic nitrogens is 1. The van der Waals surface area contributed by atoms with E-state index >= 15 is 0 Å². The summed E-state index contributed by atoms with van der Waals surface area (Å²) in [5, 5.41) is 0.247. The molecule has 1 aromatic carbocycles. The molecule has 0 saturated carbocycles. The van der Waals surface area contributed by atoms with Crippen molar-refractivity contribution in [2.45, 2.75) is 13.3 Å². The summed E-state index contributed by atoms with van der Waals surface area (Å²) in [7, 11) is 1.45. The van der Waals surface area contributed by atoms with Crippen LogP contribution in [-0.2, 0) is 0 Å². The summed E-state index contributed by atoms with van der Waals surface area (Å²) in [5.41, 5.74) is 5.17. The van der Waals surface area contributed by atoms with E-state index < -0.39 is 11.8 Å². The van der Waals surface area contributed by atoms with Gasteiger partial charge in [0.15, 0.2) is 11.5 Å². The van der Waals surface area contributed by atoms with Crippen LogP contribution >= 0.6 is 11.6 Å². The first-order valence-electron chi connectivity index (χ1n) is 7.57. The zero-order valence-corrected chi connectivity index (χ0v) is 14.6. The molecule has 0 spiro atoms. The van der Waals surface area contributed by atoms with Gasteiger partial charge in [-0.15, -0.1) is 0 Å². The molecule has 1 heterocycles. The van der Waals surface area contributed by atoms with Gasteiger partial charge in [-0.05, 0) is 30.7 Å². The van der Waals surface area contributed by atoms with E-state index in [1.807, 2.05) is 6.92 Å². The number of hydrogen-bond acceptors (Lipinski definition) is 5. The maximum absolute atomic E-state index is 12.2. The Morgan fingerprint density at radius 2 is 1.92 bits per heavy atom. The number of carbonyl (C=O) groups is 2. The number of methoxy groups -OCH3 is 1. The number of nitrogens with one attached hydrogen (secondary N) is 2. The fourth-order valence-electron chi connectivity index (χ4n) is 1.95. The van der Waals surface area contributed by atoms with Crippen LogP contribution in [0.15, 0.2) is 36.7 Å². The zero-order chi connectivity index (χ0) is 18.2. The Balaban J connectivity index is 2.08. The van der Waals surface area contributed by atoms with Gasteiger partial charge in [0.2, 0.25) is 0 Å². The highest BCUT2D eigenvalue weighted by molar-refractivity contribution is 6.32. The van der Waals surface area contributed by atoms with Crippen molar-refractivity contribution >= 4 is 23.4 Å². The number of nitrogens with zero attached hydrogens (tertiary/aromatic N) is 1. The van der Waals surface area contributed by atoms with Crippen molar-refractivity contribution in [1.29, 1.82) is 0 Å². The largest absolute Gasteiger partial charge is 0.493 e. The van der Waals surface area contributed by atoms with Crippen LogP contribution in [0.1, 0.15) is 34.1 Å². The van der Waals surface area contributed by atoms with Gasteiger partial charge in [0, 0.05) is 18.0 Å². The second-order valence-electron chi connectivity index (χ2n) is 4.99. The third-order valence-electron chi connectivity index (χ3n) is 3.16. The van der Waals surface area contributed by atoms with Crippen molar-refractivity contribution in [1.82, 2.24) is 15.8 Å². The normalized spacial score (nSPS) is 10.0. The van der Waals surface area contributed by atoms with Crippen LogP contribution in [0, 0.1) is 0 Å². The van der Waals surface area contributed by atoms with Crippen LogP contribution in [0.2, 0.25) is 5.02 Å². The van der Waals surface area contributed by atoms with Crippen molar-refractivity contribution in [3.8, 4) is 11.5 Å². The lowest BCUT2D eigenvalue weighted by Crippen LogP contribution is -2.41. The first-order valence-corrected chi connectivity index (χ1v) is 7.95. The average Bonchev–Trinajstić information content (AvgIpc) is 2.64. The number of benzene rings is 1. The van der Waals surface area contributed by atoms with E-state index in [4.69, 9.17) is 21.1 Å².